The molecule has 4 nitrogen and oxygen atoms in total. The predicted molar refractivity (Wildman–Crippen MR) is 59.1 cm³/mol. The minimum Gasteiger partial charge on any atom is -0.340 e. The molecular formula is C10H23N3O. The molecule has 0 atom stereocenters. The summed E-state index contributed by atoms with van der Waals surface area (Å²) in [7, 11) is 1.94. The fourth-order valence-corrected chi connectivity index (χ4v) is 1.44. The molecule has 0 unspecified atom stereocenters. The molecule has 0 bridgehead atoms. The quantitative estimate of drug-likeness (QED) is 0.700. The van der Waals surface area contributed by atoms with Crippen LogP contribution in [-0.4, -0.2) is 55.6 Å². The van der Waals surface area contributed by atoms with Crippen LogP contribution in [-0.2, 0) is 4.79 Å². The van der Waals surface area contributed by atoms with E-state index in [1.54, 1.807) is 6.92 Å². The standard InChI is InChI=1S/C8H17N3O.C2H6/c1-8(12)11-5-3-10(4-6-11)7-9-2;1-2/h9H,3-7H2,1-2H3;1-2H3. The Morgan fingerprint density at radius 2 is 1.71 bits per heavy atom. The maximum Gasteiger partial charge on any atom is 0.219 e. The monoisotopic (exact) mass is 201 g/mol. The van der Waals surface area contributed by atoms with Gasteiger partial charge in [0.2, 0.25) is 5.91 Å². The highest BCUT2D eigenvalue weighted by Gasteiger charge is 2.17. The van der Waals surface area contributed by atoms with E-state index in [1.165, 1.54) is 0 Å². The molecule has 84 valence electrons. The third-order valence-corrected chi connectivity index (χ3v) is 2.20. The number of hydrogen-bond acceptors (Lipinski definition) is 3. The van der Waals surface area contributed by atoms with Gasteiger partial charge < -0.3 is 10.2 Å². The van der Waals surface area contributed by atoms with Crippen LogP contribution in [0.3, 0.4) is 0 Å². The minimum atomic E-state index is 0.194. The van der Waals surface area contributed by atoms with Crippen molar-refractivity contribution in [3.05, 3.63) is 0 Å². The lowest BCUT2D eigenvalue weighted by molar-refractivity contribution is -0.130. The number of carbonyl (C=O) groups excluding carboxylic acids is 1. The maximum atomic E-state index is 11.0. The van der Waals surface area contributed by atoms with E-state index in [0.29, 0.717) is 0 Å². The number of nitrogens with one attached hydrogen (secondary N) is 1. The van der Waals surface area contributed by atoms with Crippen molar-refractivity contribution in [2.24, 2.45) is 0 Å². The van der Waals surface area contributed by atoms with Crippen LogP contribution in [0.5, 0.6) is 0 Å². The van der Waals surface area contributed by atoms with Crippen molar-refractivity contribution in [3.63, 3.8) is 0 Å². The van der Waals surface area contributed by atoms with E-state index in [1.807, 2.05) is 25.8 Å². The van der Waals surface area contributed by atoms with Gasteiger partial charge >= 0.3 is 0 Å². The molecule has 0 saturated carbocycles. The number of rotatable bonds is 2. The number of hydrogen-bond donors (Lipinski definition) is 1. The van der Waals surface area contributed by atoms with Crippen LogP contribution >= 0.6 is 0 Å². The summed E-state index contributed by atoms with van der Waals surface area (Å²) in [5, 5.41) is 3.10. The van der Waals surface area contributed by atoms with E-state index >= 15 is 0 Å². The molecule has 0 aromatic carbocycles. The molecule has 4 heteroatoms. The van der Waals surface area contributed by atoms with Crippen molar-refractivity contribution in [2.45, 2.75) is 20.8 Å². The van der Waals surface area contributed by atoms with Crippen LogP contribution < -0.4 is 5.32 Å². The molecule has 1 rings (SSSR count). The Morgan fingerprint density at radius 1 is 1.21 bits per heavy atom. The number of carbonyl (C=O) groups is 1. The predicted octanol–water partition coefficient (Wildman–Crippen LogP) is 0.354. The van der Waals surface area contributed by atoms with Gasteiger partial charge in [-0.25, -0.2) is 0 Å². The van der Waals surface area contributed by atoms with Crippen LogP contribution in [0.4, 0.5) is 0 Å². The first-order valence-electron chi connectivity index (χ1n) is 5.36. The molecule has 0 aromatic rings. The molecular weight excluding hydrogens is 178 g/mol. The summed E-state index contributed by atoms with van der Waals surface area (Å²) in [6, 6.07) is 0. The van der Waals surface area contributed by atoms with E-state index in [4.69, 9.17) is 0 Å². The summed E-state index contributed by atoms with van der Waals surface area (Å²) in [6.45, 7) is 10.3. The van der Waals surface area contributed by atoms with E-state index in [-0.39, 0.29) is 5.91 Å². The second-order valence-corrected chi connectivity index (χ2v) is 3.14. The summed E-state index contributed by atoms with van der Waals surface area (Å²) in [4.78, 5) is 15.2. The zero-order valence-electron chi connectivity index (χ0n) is 9.84. The molecule has 0 spiro atoms. The lowest BCUT2D eigenvalue weighted by Gasteiger charge is -2.33. The van der Waals surface area contributed by atoms with Crippen LogP contribution in [0.1, 0.15) is 20.8 Å². The topological polar surface area (TPSA) is 35.6 Å². The lowest BCUT2D eigenvalue weighted by atomic mass is 10.3. The molecule has 1 amide bonds. The Labute approximate surface area is 87.3 Å². The van der Waals surface area contributed by atoms with E-state index in [2.05, 4.69) is 10.2 Å². The van der Waals surface area contributed by atoms with Crippen LogP contribution in [0, 0.1) is 0 Å². The van der Waals surface area contributed by atoms with Crippen molar-refractivity contribution < 1.29 is 4.79 Å². The first-order valence-corrected chi connectivity index (χ1v) is 5.36. The Kier molecular flexibility index (Phi) is 7.42. The first-order chi connectivity index (χ1) is 6.74. The highest BCUT2D eigenvalue weighted by molar-refractivity contribution is 5.73. The fraction of sp³-hybridized carbons (Fsp3) is 0.900. The van der Waals surface area contributed by atoms with Crippen molar-refractivity contribution in [1.82, 2.24) is 15.1 Å². The van der Waals surface area contributed by atoms with Crippen molar-refractivity contribution in [3.8, 4) is 0 Å². The van der Waals surface area contributed by atoms with Gasteiger partial charge in [-0.15, -0.1) is 0 Å². The van der Waals surface area contributed by atoms with Gasteiger partial charge in [-0.1, -0.05) is 13.8 Å². The van der Waals surface area contributed by atoms with Gasteiger partial charge in [0.1, 0.15) is 0 Å². The van der Waals surface area contributed by atoms with Crippen molar-refractivity contribution in [1.29, 1.82) is 0 Å². The maximum absolute atomic E-state index is 11.0. The average molecular weight is 201 g/mol. The zero-order valence-corrected chi connectivity index (χ0v) is 9.84. The van der Waals surface area contributed by atoms with Gasteiger partial charge in [0.05, 0.1) is 0 Å². The smallest absolute Gasteiger partial charge is 0.219 e. The van der Waals surface area contributed by atoms with Crippen molar-refractivity contribution in [2.75, 3.05) is 39.9 Å². The van der Waals surface area contributed by atoms with Crippen LogP contribution in [0.25, 0.3) is 0 Å². The molecule has 1 fully saturated rings. The molecule has 1 aliphatic rings. The molecule has 0 radical (unpaired) electrons. The van der Waals surface area contributed by atoms with Gasteiger partial charge in [-0.05, 0) is 7.05 Å². The summed E-state index contributed by atoms with van der Waals surface area (Å²) in [6.07, 6.45) is 0. The summed E-state index contributed by atoms with van der Waals surface area (Å²) >= 11 is 0. The lowest BCUT2D eigenvalue weighted by Crippen LogP contribution is -2.49. The van der Waals surface area contributed by atoms with Gasteiger partial charge in [0.25, 0.3) is 0 Å². The Morgan fingerprint density at radius 3 is 2.07 bits per heavy atom. The van der Waals surface area contributed by atoms with Crippen LogP contribution in [0.2, 0.25) is 0 Å². The molecule has 1 aliphatic heterocycles. The van der Waals surface area contributed by atoms with Gasteiger partial charge in [0.15, 0.2) is 0 Å². The Balaban J connectivity index is 0.000000791. The summed E-state index contributed by atoms with van der Waals surface area (Å²) < 4.78 is 0. The van der Waals surface area contributed by atoms with E-state index < -0.39 is 0 Å². The summed E-state index contributed by atoms with van der Waals surface area (Å²) in [5.41, 5.74) is 0. The SMILES string of the molecule is CC.CNCN1CCN(C(C)=O)CC1. The molecule has 1 N–H and O–H groups in total. The van der Waals surface area contributed by atoms with Gasteiger partial charge in [-0.2, -0.15) is 0 Å². The number of piperazine rings is 1. The highest BCUT2D eigenvalue weighted by atomic mass is 16.2. The van der Waals surface area contributed by atoms with E-state index in [0.717, 1.165) is 32.8 Å². The zero-order chi connectivity index (χ0) is 11.0. The number of amides is 1. The minimum absolute atomic E-state index is 0.194. The summed E-state index contributed by atoms with van der Waals surface area (Å²) in [5.74, 6) is 0.194. The van der Waals surface area contributed by atoms with Crippen LogP contribution in [0.15, 0.2) is 0 Å². The molecule has 1 saturated heterocycles. The Hall–Kier alpha value is -0.610. The van der Waals surface area contributed by atoms with Gasteiger partial charge in [-0.3, -0.25) is 9.69 Å². The molecule has 0 aromatic heterocycles. The molecule has 1 heterocycles. The van der Waals surface area contributed by atoms with Crippen molar-refractivity contribution >= 4 is 5.91 Å². The Bertz CT molecular complexity index is 153. The fourth-order valence-electron chi connectivity index (χ4n) is 1.44. The molecule has 14 heavy (non-hydrogen) atoms. The third-order valence-electron chi connectivity index (χ3n) is 2.20. The van der Waals surface area contributed by atoms with E-state index in [9.17, 15) is 4.79 Å². The number of nitrogens with zero attached hydrogens (tertiary/aromatic N) is 2. The van der Waals surface area contributed by atoms with Gasteiger partial charge in [0, 0.05) is 39.8 Å². The largest absolute Gasteiger partial charge is 0.340 e. The first kappa shape index (κ1) is 13.4. The second-order valence-electron chi connectivity index (χ2n) is 3.14. The second kappa shape index (κ2) is 7.76. The molecule has 0 aliphatic carbocycles. The highest BCUT2D eigenvalue weighted by Crippen LogP contribution is 1.99. The third kappa shape index (κ3) is 4.58. The normalized spacial score (nSPS) is 17.3. The average Bonchev–Trinajstić information content (AvgIpc) is 2.22.